The van der Waals surface area contributed by atoms with Crippen LogP contribution in [0.4, 0.5) is 0 Å². The zero-order chi connectivity index (χ0) is 13.1. The van der Waals surface area contributed by atoms with E-state index < -0.39 is 6.10 Å². The molecule has 1 unspecified atom stereocenters. The Hall–Kier alpha value is -0.590. The lowest BCUT2D eigenvalue weighted by atomic mass is 10.1. The summed E-state index contributed by atoms with van der Waals surface area (Å²) >= 11 is 8.23. The molecule has 0 fully saturated rings. The van der Waals surface area contributed by atoms with Gasteiger partial charge >= 0.3 is 0 Å². The van der Waals surface area contributed by atoms with Crippen molar-refractivity contribution in [3.63, 3.8) is 0 Å². The topological polar surface area (TPSA) is 38.0 Å². The van der Waals surface area contributed by atoms with E-state index in [0.29, 0.717) is 5.02 Å². The first-order valence-corrected chi connectivity index (χ1v) is 7.23. The van der Waals surface area contributed by atoms with Crippen molar-refractivity contribution in [2.24, 2.45) is 0 Å². The number of rotatable bonds is 4. The van der Waals surface area contributed by atoms with E-state index in [0.717, 1.165) is 27.7 Å². The Balaban J connectivity index is 2.23. The van der Waals surface area contributed by atoms with Gasteiger partial charge in [-0.1, -0.05) is 24.6 Å². The fourth-order valence-corrected chi connectivity index (χ4v) is 2.27. The monoisotopic (exact) mass is 376 g/mol. The average Bonchev–Trinajstić information content (AvgIpc) is 2.81. The molecule has 2 rings (SSSR count). The molecule has 2 aromatic rings. The van der Waals surface area contributed by atoms with Gasteiger partial charge in [0.2, 0.25) is 0 Å². The number of hydrogen-bond acceptors (Lipinski definition) is 2. The molecule has 0 bridgehead atoms. The summed E-state index contributed by atoms with van der Waals surface area (Å²) in [7, 11) is 0. The lowest BCUT2D eigenvalue weighted by molar-refractivity contribution is 0.220. The highest BCUT2D eigenvalue weighted by Gasteiger charge is 2.13. The summed E-state index contributed by atoms with van der Waals surface area (Å²) < 4.78 is 2.82. The van der Waals surface area contributed by atoms with Gasteiger partial charge in [0.25, 0.3) is 0 Å². The minimum Gasteiger partial charge on any atom is -0.384 e. The molecular weight excluding hydrogens is 363 g/mol. The molecule has 96 valence electrons. The molecule has 0 aliphatic heterocycles. The molecule has 1 aromatic heterocycles. The van der Waals surface area contributed by atoms with E-state index in [1.165, 1.54) is 0 Å². The van der Waals surface area contributed by atoms with Gasteiger partial charge in [-0.25, -0.2) is 0 Å². The predicted octanol–water partition coefficient (Wildman–Crippen LogP) is 3.63. The number of aryl methyl sites for hydroxylation is 1. The second kappa shape index (κ2) is 6.04. The van der Waals surface area contributed by atoms with E-state index >= 15 is 0 Å². The molecule has 0 aliphatic carbocycles. The fraction of sp³-hybridized carbons (Fsp3) is 0.308. The predicted molar refractivity (Wildman–Crippen MR) is 80.7 cm³/mol. The summed E-state index contributed by atoms with van der Waals surface area (Å²) in [4.78, 5) is 0. The van der Waals surface area contributed by atoms with Gasteiger partial charge in [0.1, 0.15) is 6.10 Å². The molecule has 3 nitrogen and oxygen atoms in total. The minimum atomic E-state index is -0.676. The maximum absolute atomic E-state index is 10.3. The normalized spacial score (nSPS) is 12.7. The number of hydrogen-bond donors (Lipinski definition) is 1. The van der Waals surface area contributed by atoms with Crippen LogP contribution >= 0.6 is 34.2 Å². The zero-order valence-corrected chi connectivity index (χ0v) is 12.9. The lowest BCUT2D eigenvalue weighted by Gasteiger charge is -2.09. The van der Waals surface area contributed by atoms with Crippen molar-refractivity contribution >= 4 is 34.2 Å². The maximum atomic E-state index is 10.3. The Morgan fingerprint density at radius 3 is 2.89 bits per heavy atom. The number of benzene rings is 1. The zero-order valence-electron chi connectivity index (χ0n) is 9.98. The molecule has 1 aromatic carbocycles. The number of halogens is 2. The second-order valence-corrected chi connectivity index (χ2v) is 5.68. The summed E-state index contributed by atoms with van der Waals surface area (Å²) in [6.07, 6.45) is 3.92. The molecule has 18 heavy (non-hydrogen) atoms. The number of aromatic nitrogens is 2. The first-order chi connectivity index (χ1) is 8.61. The Morgan fingerprint density at radius 2 is 2.22 bits per heavy atom. The van der Waals surface area contributed by atoms with Crippen molar-refractivity contribution in [1.82, 2.24) is 9.78 Å². The largest absolute Gasteiger partial charge is 0.384 e. The van der Waals surface area contributed by atoms with Crippen LogP contribution in [0.5, 0.6) is 0 Å². The molecule has 0 radical (unpaired) electrons. The Bertz CT molecular complexity index is 542. The number of aliphatic hydroxyl groups is 1. The lowest BCUT2D eigenvalue weighted by Crippen LogP contribution is -1.99. The van der Waals surface area contributed by atoms with Gasteiger partial charge in [0.05, 0.1) is 11.2 Å². The minimum absolute atomic E-state index is 0.660. The SMILES string of the molecule is CCCn1cc(C(O)c2ccc(I)c(Cl)c2)cn1. The summed E-state index contributed by atoms with van der Waals surface area (Å²) in [6.45, 7) is 2.96. The highest BCUT2D eigenvalue weighted by molar-refractivity contribution is 14.1. The first-order valence-electron chi connectivity index (χ1n) is 5.77. The van der Waals surface area contributed by atoms with E-state index in [4.69, 9.17) is 11.6 Å². The smallest absolute Gasteiger partial charge is 0.107 e. The van der Waals surface area contributed by atoms with Crippen LogP contribution in [-0.2, 0) is 6.54 Å². The average molecular weight is 377 g/mol. The van der Waals surface area contributed by atoms with Crippen molar-refractivity contribution in [2.75, 3.05) is 0 Å². The first kappa shape index (κ1) is 13.8. The third-order valence-corrected chi connectivity index (χ3v) is 4.25. The van der Waals surface area contributed by atoms with Gasteiger partial charge in [0, 0.05) is 21.9 Å². The van der Waals surface area contributed by atoms with Crippen molar-refractivity contribution in [2.45, 2.75) is 26.0 Å². The summed E-state index contributed by atoms with van der Waals surface area (Å²) in [6, 6.07) is 5.58. The molecule has 0 saturated carbocycles. The van der Waals surface area contributed by atoms with Gasteiger partial charge in [-0.15, -0.1) is 0 Å². The van der Waals surface area contributed by atoms with E-state index in [-0.39, 0.29) is 0 Å². The molecule has 0 saturated heterocycles. The van der Waals surface area contributed by atoms with Gasteiger partial charge in [-0.05, 0) is 46.7 Å². The van der Waals surface area contributed by atoms with Crippen LogP contribution in [0.3, 0.4) is 0 Å². The summed E-state index contributed by atoms with van der Waals surface area (Å²) in [5.74, 6) is 0. The van der Waals surface area contributed by atoms with Crippen molar-refractivity contribution < 1.29 is 5.11 Å². The van der Waals surface area contributed by atoms with Crippen molar-refractivity contribution in [1.29, 1.82) is 0 Å². The third-order valence-electron chi connectivity index (χ3n) is 2.68. The molecule has 1 N–H and O–H groups in total. The molecule has 0 spiro atoms. The van der Waals surface area contributed by atoms with E-state index in [2.05, 4.69) is 34.6 Å². The van der Waals surface area contributed by atoms with Crippen LogP contribution in [0, 0.1) is 3.57 Å². The van der Waals surface area contributed by atoms with Crippen LogP contribution in [0.1, 0.15) is 30.6 Å². The van der Waals surface area contributed by atoms with Crippen molar-refractivity contribution in [3.8, 4) is 0 Å². The van der Waals surface area contributed by atoms with Gasteiger partial charge in [-0.3, -0.25) is 4.68 Å². The van der Waals surface area contributed by atoms with Crippen LogP contribution in [0.25, 0.3) is 0 Å². The number of aliphatic hydroxyl groups excluding tert-OH is 1. The third kappa shape index (κ3) is 3.05. The van der Waals surface area contributed by atoms with Crippen LogP contribution in [0.15, 0.2) is 30.6 Å². The summed E-state index contributed by atoms with van der Waals surface area (Å²) in [5.41, 5.74) is 1.58. The van der Waals surface area contributed by atoms with Gasteiger partial charge in [-0.2, -0.15) is 5.10 Å². The van der Waals surface area contributed by atoms with Crippen molar-refractivity contribution in [3.05, 3.63) is 50.3 Å². The van der Waals surface area contributed by atoms with Crippen LogP contribution in [0.2, 0.25) is 5.02 Å². The van der Waals surface area contributed by atoms with E-state index in [1.807, 2.05) is 23.0 Å². The van der Waals surface area contributed by atoms with Gasteiger partial charge < -0.3 is 5.11 Å². The Morgan fingerprint density at radius 1 is 1.44 bits per heavy atom. The van der Waals surface area contributed by atoms with Gasteiger partial charge in [0.15, 0.2) is 0 Å². The number of nitrogens with zero attached hydrogens (tertiary/aromatic N) is 2. The maximum Gasteiger partial charge on any atom is 0.107 e. The highest BCUT2D eigenvalue weighted by Crippen LogP contribution is 2.26. The molecule has 1 atom stereocenters. The van der Waals surface area contributed by atoms with Crippen LogP contribution < -0.4 is 0 Å². The molecule has 0 amide bonds. The van der Waals surface area contributed by atoms with E-state index in [1.54, 1.807) is 12.3 Å². The fourth-order valence-electron chi connectivity index (χ4n) is 1.75. The summed E-state index contributed by atoms with van der Waals surface area (Å²) in [5, 5.41) is 15.1. The molecule has 0 aliphatic rings. The molecular formula is C13H14ClIN2O. The Labute approximate surface area is 125 Å². The Kier molecular flexibility index (Phi) is 4.64. The molecule has 1 heterocycles. The highest BCUT2D eigenvalue weighted by atomic mass is 127. The quantitative estimate of drug-likeness (QED) is 0.828. The van der Waals surface area contributed by atoms with E-state index in [9.17, 15) is 5.11 Å². The molecule has 5 heteroatoms. The second-order valence-electron chi connectivity index (χ2n) is 4.11. The van der Waals surface area contributed by atoms with Crippen LogP contribution in [-0.4, -0.2) is 14.9 Å². The standard InChI is InChI=1S/C13H14ClIN2O/c1-2-5-17-8-10(7-16-17)13(18)9-3-4-12(15)11(14)6-9/h3-4,6-8,13,18H,2,5H2,1H3.